The molecule has 0 fully saturated rings. The molecule has 0 atom stereocenters. The first-order chi connectivity index (χ1) is 10.5. The van der Waals surface area contributed by atoms with Crippen LogP contribution in [0.5, 0.6) is 0 Å². The van der Waals surface area contributed by atoms with Gasteiger partial charge in [-0.2, -0.15) is 5.26 Å². The fraction of sp³-hybridized carbons (Fsp3) is 0.267. The van der Waals surface area contributed by atoms with Crippen LogP contribution in [0.15, 0.2) is 33.9 Å². The van der Waals surface area contributed by atoms with Gasteiger partial charge in [-0.05, 0) is 24.1 Å². The van der Waals surface area contributed by atoms with E-state index in [1.165, 1.54) is 30.8 Å². The van der Waals surface area contributed by atoms with Crippen molar-refractivity contribution in [3.05, 3.63) is 62.0 Å². The van der Waals surface area contributed by atoms with E-state index >= 15 is 0 Å². The normalized spacial score (nSPS) is 10.3. The van der Waals surface area contributed by atoms with Crippen LogP contribution < -0.4 is 16.6 Å². The molecule has 2 rings (SSSR count). The van der Waals surface area contributed by atoms with E-state index < -0.39 is 11.2 Å². The third-order valence-electron chi connectivity index (χ3n) is 3.40. The minimum Gasteiger partial charge on any atom is -0.370 e. The molecule has 0 aliphatic carbocycles. The average molecular weight is 302 g/mol. The van der Waals surface area contributed by atoms with Crippen molar-refractivity contribution < 1.29 is 4.39 Å². The molecule has 1 N–H and O–H groups in total. The largest absolute Gasteiger partial charge is 0.370 e. The molecule has 0 saturated carbocycles. The van der Waals surface area contributed by atoms with Crippen LogP contribution in [0.1, 0.15) is 11.1 Å². The minimum absolute atomic E-state index is 0.108. The van der Waals surface area contributed by atoms with Crippen molar-refractivity contribution in [3.8, 4) is 6.07 Å². The van der Waals surface area contributed by atoms with Crippen LogP contribution in [0.25, 0.3) is 0 Å². The molecule has 0 unspecified atom stereocenters. The van der Waals surface area contributed by atoms with Gasteiger partial charge in [0.1, 0.15) is 17.7 Å². The Morgan fingerprint density at radius 3 is 2.41 bits per heavy atom. The van der Waals surface area contributed by atoms with Gasteiger partial charge >= 0.3 is 5.69 Å². The van der Waals surface area contributed by atoms with E-state index in [0.717, 1.165) is 10.1 Å². The van der Waals surface area contributed by atoms with Crippen molar-refractivity contribution in [2.24, 2.45) is 14.1 Å². The maximum absolute atomic E-state index is 12.8. The fourth-order valence-electron chi connectivity index (χ4n) is 2.13. The molecule has 2 aromatic rings. The van der Waals surface area contributed by atoms with Crippen molar-refractivity contribution in [3.63, 3.8) is 0 Å². The minimum atomic E-state index is -0.630. The highest BCUT2D eigenvalue weighted by Gasteiger charge is 2.14. The second-order valence-electron chi connectivity index (χ2n) is 4.84. The number of halogens is 1. The van der Waals surface area contributed by atoms with E-state index in [0.29, 0.717) is 13.0 Å². The maximum atomic E-state index is 12.8. The van der Waals surface area contributed by atoms with Crippen molar-refractivity contribution in [1.82, 2.24) is 9.13 Å². The van der Waals surface area contributed by atoms with Crippen LogP contribution >= 0.6 is 0 Å². The van der Waals surface area contributed by atoms with Gasteiger partial charge in [-0.3, -0.25) is 13.9 Å². The summed E-state index contributed by atoms with van der Waals surface area (Å²) in [5.41, 5.74) is -0.340. The van der Waals surface area contributed by atoms with Crippen LogP contribution in [0.3, 0.4) is 0 Å². The number of nitrogens with zero attached hydrogens (tertiary/aromatic N) is 3. The van der Waals surface area contributed by atoms with E-state index in [4.69, 9.17) is 5.26 Å². The van der Waals surface area contributed by atoms with Gasteiger partial charge in [0, 0.05) is 20.6 Å². The lowest BCUT2D eigenvalue weighted by Gasteiger charge is -2.13. The fourth-order valence-corrected chi connectivity index (χ4v) is 2.13. The number of anilines is 1. The summed E-state index contributed by atoms with van der Waals surface area (Å²) in [6.45, 7) is 0.404. The highest BCUT2D eigenvalue weighted by atomic mass is 19.1. The summed E-state index contributed by atoms with van der Waals surface area (Å²) >= 11 is 0. The number of rotatable bonds is 4. The van der Waals surface area contributed by atoms with E-state index in [1.54, 1.807) is 12.1 Å². The van der Waals surface area contributed by atoms with Crippen LogP contribution in [-0.2, 0) is 20.5 Å². The predicted octanol–water partition coefficient (Wildman–Crippen LogP) is 0.749. The van der Waals surface area contributed by atoms with Gasteiger partial charge in [0.15, 0.2) is 5.56 Å². The lowest BCUT2D eigenvalue weighted by atomic mass is 10.1. The van der Waals surface area contributed by atoms with E-state index in [1.807, 2.05) is 6.07 Å². The summed E-state index contributed by atoms with van der Waals surface area (Å²) in [4.78, 5) is 23.8. The molecular formula is C15H15FN4O2. The summed E-state index contributed by atoms with van der Waals surface area (Å²) in [7, 11) is 2.82. The third kappa shape index (κ3) is 2.91. The second kappa shape index (κ2) is 6.26. The molecule has 0 aliphatic heterocycles. The zero-order valence-electron chi connectivity index (χ0n) is 12.3. The summed E-state index contributed by atoms with van der Waals surface area (Å²) in [5.74, 6) is -0.116. The highest BCUT2D eigenvalue weighted by Crippen LogP contribution is 2.08. The Balaban J connectivity index is 2.23. The van der Waals surface area contributed by atoms with Crippen LogP contribution in [0, 0.1) is 17.1 Å². The van der Waals surface area contributed by atoms with Gasteiger partial charge in [-0.25, -0.2) is 9.18 Å². The molecule has 1 aromatic heterocycles. The topological polar surface area (TPSA) is 79.8 Å². The van der Waals surface area contributed by atoms with Gasteiger partial charge in [0.05, 0.1) is 0 Å². The van der Waals surface area contributed by atoms with Gasteiger partial charge < -0.3 is 5.32 Å². The Morgan fingerprint density at radius 2 is 1.82 bits per heavy atom. The average Bonchev–Trinajstić information content (AvgIpc) is 2.52. The SMILES string of the molecule is Cn1c(NCCc2ccc(F)cc2)c(C#N)c(=O)n(C)c1=O. The summed E-state index contributed by atoms with van der Waals surface area (Å²) in [6, 6.07) is 7.87. The molecule has 0 saturated heterocycles. The first-order valence-electron chi connectivity index (χ1n) is 6.64. The van der Waals surface area contributed by atoms with E-state index in [9.17, 15) is 14.0 Å². The molecule has 1 heterocycles. The van der Waals surface area contributed by atoms with E-state index in [2.05, 4.69) is 5.32 Å². The van der Waals surface area contributed by atoms with Gasteiger partial charge in [0.2, 0.25) is 0 Å². The third-order valence-corrected chi connectivity index (χ3v) is 3.40. The lowest BCUT2D eigenvalue weighted by Crippen LogP contribution is -2.40. The number of aromatic nitrogens is 2. The molecule has 0 amide bonds. The zero-order chi connectivity index (χ0) is 16.3. The summed E-state index contributed by atoms with van der Waals surface area (Å²) in [6.07, 6.45) is 0.564. The summed E-state index contributed by atoms with van der Waals surface area (Å²) < 4.78 is 14.9. The van der Waals surface area contributed by atoms with Crippen LogP contribution in [0.2, 0.25) is 0 Å². The van der Waals surface area contributed by atoms with Gasteiger partial charge in [-0.15, -0.1) is 0 Å². The number of hydrogen-bond donors (Lipinski definition) is 1. The summed E-state index contributed by atoms with van der Waals surface area (Å²) in [5, 5.41) is 12.1. The molecular weight excluding hydrogens is 287 g/mol. The quantitative estimate of drug-likeness (QED) is 0.904. The smallest absolute Gasteiger partial charge is 0.332 e. The van der Waals surface area contributed by atoms with Gasteiger partial charge in [-0.1, -0.05) is 12.1 Å². The molecule has 0 radical (unpaired) electrons. The Morgan fingerprint density at radius 1 is 1.18 bits per heavy atom. The Labute approximate surface area is 126 Å². The Bertz CT molecular complexity index is 844. The standard InChI is InChI=1S/C15H15FN4O2/c1-19-13(12(9-17)14(21)20(2)15(19)22)18-8-7-10-3-5-11(16)6-4-10/h3-6,18H,7-8H2,1-2H3. The monoisotopic (exact) mass is 302 g/mol. The lowest BCUT2D eigenvalue weighted by molar-refractivity contribution is 0.627. The van der Waals surface area contributed by atoms with Crippen molar-refractivity contribution >= 4 is 5.82 Å². The molecule has 0 bridgehead atoms. The molecule has 6 nitrogen and oxygen atoms in total. The van der Waals surface area contributed by atoms with Crippen LogP contribution in [0.4, 0.5) is 10.2 Å². The Hall–Kier alpha value is -2.88. The number of nitrogens with one attached hydrogen (secondary N) is 1. The molecule has 1 aromatic carbocycles. The number of nitriles is 1. The van der Waals surface area contributed by atoms with Crippen molar-refractivity contribution in [1.29, 1.82) is 5.26 Å². The Kier molecular flexibility index (Phi) is 4.41. The first kappa shape index (κ1) is 15.5. The van der Waals surface area contributed by atoms with Gasteiger partial charge in [0.25, 0.3) is 5.56 Å². The number of benzene rings is 1. The molecule has 7 heteroatoms. The predicted molar refractivity (Wildman–Crippen MR) is 80.2 cm³/mol. The van der Waals surface area contributed by atoms with E-state index in [-0.39, 0.29) is 17.2 Å². The molecule has 22 heavy (non-hydrogen) atoms. The number of hydrogen-bond acceptors (Lipinski definition) is 4. The molecule has 0 spiro atoms. The zero-order valence-corrected chi connectivity index (χ0v) is 12.3. The first-order valence-corrected chi connectivity index (χ1v) is 6.64. The second-order valence-corrected chi connectivity index (χ2v) is 4.84. The highest BCUT2D eigenvalue weighted by molar-refractivity contribution is 5.51. The maximum Gasteiger partial charge on any atom is 0.332 e. The molecule has 114 valence electrons. The van der Waals surface area contributed by atoms with Crippen LogP contribution in [-0.4, -0.2) is 15.7 Å². The van der Waals surface area contributed by atoms with Crippen molar-refractivity contribution in [2.75, 3.05) is 11.9 Å². The van der Waals surface area contributed by atoms with Crippen molar-refractivity contribution in [2.45, 2.75) is 6.42 Å². The molecule has 0 aliphatic rings.